The second-order valence-corrected chi connectivity index (χ2v) is 7.86. The Morgan fingerprint density at radius 1 is 1.27 bits per heavy atom. The van der Waals surface area contributed by atoms with Crippen molar-refractivity contribution in [1.29, 1.82) is 0 Å². The van der Waals surface area contributed by atoms with E-state index in [1.807, 2.05) is 49.4 Å². The summed E-state index contributed by atoms with van der Waals surface area (Å²) < 4.78 is 21.7. The van der Waals surface area contributed by atoms with E-state index >= 15 is 0 Å². The molecule has 0 unspecified atom stereocenters. The van der Waals surface area contributed by atoms with Crippen LogP contribution in [0.25, 0.3) is 0 Å². The van der Waals surface area contributed by atoms with E-state index in [0.717, 1.165) is 5.56 Å². The fraction of sp³-hybridized carbons (Fsp3) is 0.565. The highest BCUT2D eigenvalue weighted by Crippen LogP contribution is 2.30. The zero-order valence-corrected chi connectivity index (χ0v) is 17.7. The van der Waals surface area contributed by atoms with Gasteiger partial charge in [0.25, 0.3) is 0 Å². The minimum Gasteiger partial charge on any atom is -0.447 e. The molecular weight excluding hydrogens is 386 g/mol. The van der Waals surface area contributed by atoms with Gasteiger partial charge in [0, 0.05) is 19.4 Å². The molecular formula is C23H31NO6. The van der Waals surface area contributed by atoms with Gasteiger partial charge in [-0.1, -0.05) is 42.5 Å². The minimum absolute atomic E-state index is 0.206. The first-order valence-corrected chi connectivity index (χ1v) is 10.5. The number of hydrogen-bond acceptors (Lipinski definition) is 6. The predicted molar refractivity (Wildman–Crippen MR) is 111 cm³/mol. The van der Waals surface area contributed by atoms with Gasteiger partial charge in [-0.25, -0.2) is 9.69 Å². The van der Waals surface area contributed by atoms with Gasteiger partial charge in [0.1, 0.15) is 6.61 Å². The zero-order chi connectivity index (χ0) is 21.4. The Hall–Kier alpha value is -2.22. The van der Waals surface area contributed by atoms with Crippen molar-refractivity contribution in [2.75, 3.05) is 33.5 Å². The zero-order valence-electron chi connectivity index (χ0n) is 17.7. The number of cyclic esters (lactones) is 1. The van der Waals surface area contributed by atoms with Crippen LogP contribution in [0.15, 0.2) is 42.5 Å². The Labute approximate surface area is 177 Å². The summed E-state index contributed by atoms with van der Waals surface area (Å²) in [6.07, 6.45) is 5.47. The molecule has 0 aliphatic carbocycles. The van der Waals surface area contributed by atoms with E-state index in [-0.39, 0.29) is 24.5 Å². The lowest BCUT2D eigenvalue weighted by molar-refractivity contribution is -0.152. The molecule has 0 aromatic heterocycles. The van der Waals surface area contributed by atoms with Crippen LogP contribution < -0.4 is 0 Å². The molecule has 1 aromatic carbocycles. The van der Waals surface area contributed by atoms with Gasteiger partial charge in [-0.05, 0) is 31.7 Å². The number of carbonyl (C=O) groups excluding carboxylic acids is 2. The van der Waals surface area contributed by atoms with Crippen LogP contribution in [0.4, 0.5) is 4.79 Å². The summed E-state index contributed by atoms with van der Waals surface area (Å²) in [5.74, 6) is -1.25. The highest BCUT2D eigenvalue weighted by atomic mass is 16.7. The van der Waals surface area contributed by atoms with Crippen molar-refractivity contribution in [2.24, 2.45) is 5.92 Å². The van der Waals surface area contributed by atoms with E-state index in [1.165, 1.54) is 4.90 Å². The number of rotatable bonds is 10. The number of imide groups is 1. The number of nitrogens with zero attached hydrogens (tertiary/aromatic N) is 1. The van der Waals surface area contributed by atoms with Gasteiger partial charge in [-0.2, -0.15) is 0 Å². The number of carbonyl (C=O) groups is 2. The summed E-state index contributed by atoms with van der Waals surface area (Å²) >= 11 is 0. The molecule has 0 bridgehead atoms. The monoisotopic (exact) mass is 417 g/mol. The molecule has 0 saturated carbocycles. The van der Waals surface area contributed by atoms with Gasteiger partial charge in [0.15, 0.2) is 5.79 Å². The van der Waals surface area contributed by atoms with E-state index < -0.39 is 11.9 Å². The molecule has 2 aliphatic rings. The Morgan fingerprint density at radius 3 is 2.70 bits per heavy atom. The Kier molecular flexibility index (Phi) is 8.01. The van der Waals surface area contributed by atoms with Gasteiger partial charge in [0.05, 0.1) is 25.9 Å². The van der Waals surface area contributed by atoms with Gasteiger partial charge in [-0.3, -0.25) is 4.79 Å². The fourth-order valence-corrected chi connectivity index (χ4v) is 3.87. The second kappa shape index (κ2) is 10.7. The third kappa shape index (κ3) is 5.90. The standard InChI is InChI=1S/C23H31NO6/c1-23(29-14-15-30-23)12-11-19(10-6-7-13-27-2)21(25)24-20(17-28-22(24)26)16-18-8-4-3-5-9-18/h3-9,19-20H,10-17H2,1-2H3/b7-6+/t19-,20-/m0/s1. The van der Waals surface area contributed by atoms with Crippen molar-refractivity contribution in [1.82, 2.24) is 4.90 Å². The summed E-state index contributed by atoms with van der Waals surface area (Å²) in [5, 5.41) is 0. The van der Waals surface area contributed by atoms with Gasteiger partial charge in [-0.15, -0.1) is 0 Å². The number of ether oxygens (including phenoxy) is 4. The van der Waals surface area contributed by atoms with Crippen LogP contribution in [0.3, 0.4) is 0 Å². The van der Waals surface area contributed by atoms with Crippen LogP contribution in [0.2, 0.25) is 0 Å². The first-order chi connectivity index (χ1) is 14.5. The number of benzene rings is 1. The lowest BCUT2D eigenvalue weighted by Gasteiger charge is -2.27. The first-order valence-electron chi connectivity index (χ1n) is 10.5. The highest BCUT2D eigenvalue weighted by Gasteiger charge is 2.41. The fourth-order valence-electron chi connectivity index (χ4n) is 3.87. The van der Waals surface area contributed by atoms with Crippen LogP contribution in [0.1, 0.15) is 31.7 Å². The largest absolute Gasteiger partial charge is 0.447 e. The topological polar surface area (TPSA) is 74.3 Å². The third-order valence-corrected chi connectivity index (χ3v) is 5.56. The van der Waals surface area contributed by atoms with Crippen LogP contribution >= 0.6 is 0 Å². The van der Waals surface area contributed by atoms with Crippen LogP contribution in [0, 0.1) is 5.92 Å². The third-order valence-electron chi connectivity index (χ3n) is 5.56. The maximum Gasteiger partial charge on any atom is 0.416 e. The summed E-state index contributed by atoms with van der Waals surface area (Å²) in [6.45, 7) is 3.70. The highest BCUT2D eigenvalue weighted by molar-refractivity contribution is 5.94. The van der Waals surface area contributed by atoms with Gasteiger partial charge in [0.2, 0.25) is 5.91 Å². The van der Waals surface area contributed by atoms with E-state index in [0.29, 0.717) is 45.5 Å². The molecule has 2 aliphatic heterocycles. The molecule has 2 amide bonds. The molecule has 2 heterocycles. The van der Waals surface area contributed by atoms with Gasteiger partial charge < -0.3 is 18.9 Å². The second-order valence-electron chi connectivity index (χ2n) is 7.86. The average molecular weight is 418 g/mol. The number of amides is 2. The number of hydrogen-bond donors (Lipinski definition) is 0. The lowest BCUT2D eigenvalue weighted by Crippen LogP contribution is -2.44. The molecule has 164 valence electrons. The smallest absolute Gasteiger partial charge is 0.416 e. The Morgan fingerprint density at radius 2 is 2.00 bits per heavy atom. The summed E-state index contributed by atoms with van der Waals surface area (Å²) in [6, 6.07) is 9.53. The van der Waals surface area contributed by atoms with Crippen molar-refractivity contribution in [2.45, 2.75) is 44.4 Å². The summed E-state index contributed by atoms with van der Waals surface area (Å²) in [4.78, 5) is 27.1. The molecule has 0 spiro atoms. The van der Waals surface area contributed by atoms with Crippen LogP contribution in [-0.4, -0.2) is 62.3 Å². The number of methoxy groups -OCH3 is 1. The van der Waals surface area contributed by atoms with E-state index in [2.05, 4.69) is 0 Å². The maximum atomic E-state index is 13.4. The van der Waals surface area contributed by atoms with Crippen molar-refractivity contribution >= 4 is 12.0 Å². The maximum absolute atomic E-state index is 13.4. The molecule has 3 rings (SSSR count). The number of allylic oxidation sites excluding steroid dienone is 1. The van der Waals surface area contributed by atoms with Crippen molar-refractivity contribution in [3.63, 3.8) is 0 Å². The van der Waals surface area contributed by atoms with Gasteiger partial charge >= 0.3 is 6.09 Å². The minimum atomic E-state index is -0.677. The SMILES string of the molecule is COC/C=C/C[C@@H](CCC1(C)OCCO1)C(=O)N1C(=O)OC[C@@H]1Cc1ccccc1. The van der Waals surface area contributed by atoms with Crippen molar-refractivity contribution < 1.29 is 28.5 Å². The molecule has 0 radical (unpaired) electrons. The first kappa shape index (κ1) is 22.5. The predicted octanol–water partition coefficient (Wildman–Crippen LogP) is 3.33. The normalized spacial score (nSPS) is 21.9. The Bertz CT molecular complexity index is 728. The molecule has 1 aromatic rings. The molecule has 0 N–H and O–H groups in total. The lowest BCUT2D eigenvalue weighted by atomic mass is 9.94. The van der Waals surface area contributed by atoms with Crippen LogP contribution in [0.5, 0.6) is 0 Å². The molecule has 7 nitrogen and oxygen atoms in total. The quantitative estimate of drug-likeness (QED) is 0.544. The summed E-state index contributed by atoms with van der Waals surface area (Å²) in [7, 11) is 1.62. The molecule has 2 saturated heterocycles. The molecule has 2 fully saturated rings. The Balaban J connectivity index is 1.70. The molecule has 7 heteroatoms. The van der Waals surface area contributed by atoms with E-state index in [9.17, 15) is 9.59 Å². The summed E-state index contributed by atoms with van der Waals surface area (Å²) in [5.41, 5.74) is 1.07. The van der Waals surface area contributed by atoms with Crippen molar-refractivity contribution in [3.8, 4) is 0 Å². The van der Waals surface area contributed by atoms with E-state index in [1.54, 1.807) is 7.11 Å². The molecule has 30 heavy (non-hydrogen) atoms. The van der Waals surface area contributed by atoms with E-state index in [4.69, 9.17) is 18.9 Å². The van der Waals surface area contributed by atoms with Crippen LogP contribution in [-0.2, 0) is 30.2 Å². The average Bonchev–Trinajstić information content (AvgIpc) is 3.34. The molecule has 2 atom stereocenters. The van der Waals surface area contributed by atoms with Crippen molar-refractivity contribution in [3.05, 3.63) is 48.0 Å².